The van der Waals surface area contributed by atoms with Crippen LogP contribution in [0.5, 0.6) is 5.75 Å². The lowest BCUT2D eigenvalue weighted by Gasteiger charge is -2.26. The molecule has 0 fully saturated rings. The molecular formula is C19H26N2O2S. The Hall–Kier alpha value is -1.88. The van der Waals surface area contributed by atoms with E-state index < -0.39 is 0 Å². The van der Waals surface area contributed by atoms with Crippen LogP contribution in [0.2, 0.25) is 0 Å². The molecule has 0 unspecified atom stereocenters. The van der Waals surface area contributed by atoms with Crippen LogP contribution in [0.15, 0.2) is 35.7 Å². The summed E-state index contributed by atoms with van der Waals surface area (Å²) in [5.74, 6) is 1.39. The number of thiazole rings is 1. The number of carbonyl (C=O) groups is 1. The van der Waals surface area contributed by atoms with Gasteiger partial charge in [-0.1, -0.05) is 32.0 Å². The topological polar surface area (TPSA) is 42.4 Å². The summed E-state index contributed by atoms with van der Waals surface area (Å²) in [7, 11) is 0. The molecule has 1 amide bonds. The van der Waals surface area contributed by atoms with Crippen LogP contribution in [-0.2, 0) is 17.9 Å². The maximum absolute atomic E-state index is 12.4. The number of para-hydroxylation sites is 1. The number of hydrogen-bond donors (Lipinski definition) is 0. The molecule has 4 nitrogen and oxygen atoms in total. The molecule has 1 aromatic heterocycles. The molecular weight excluding hydrogens is 320 g/mol. The molecule has 130 valence electrons. The van der Waals surface area contributed by atoms with Crippen molar-refractivity contribution in [1.29, 1.82) is 0 Å². The van der Waals surface area contributed by atoms with Crippen LogP contribution in [0.4, 0.5) is 0 Å². The number of hydrogen-bond acceptors (Lipinski definition) is 4. The van der Waals surface area contributed by atoms with E-state index >= 15 is 0 Å². The Morgan fingerprint density at radius 2 is 1.92 bits per heavy atom. The highest BCUT2D eigenvalue weighted by Crippen LogP contribution is 2.18. The zero-order valence-electron chi connectivity index (χ0n) is 14.9. The first-order chi connectivity index (χ1) is 11.5. The van der Waals surface area contributed by atoms with Gasteiger partial charge in [-0.2, -0.15) is 0 Å². The molecule has 0 aliphatic carbocycles. The number of ether oxygens (including phenoxy) is 1. The molecule has 1 heterocycles. The minimum absolute atomic E-state index is 0.168. The summed E-state index contributed by atoms with van der Waals surface area (Å²) in [6, 6.07) is 9.89. The predicted molar refractivity (Wildman–Crippen MR) is 98.0 cm³/mol. The first kappa shape index (κ1) is 18.5. The lowest BCUT2D eigenvalue weighted by atomic mass is 10.1. The zero-order chi connectivity index (χ0) is 17.5. The molecule has 0 saturated carbocycles. The standard InChI is InChI=1S/C19H26N2O2S/c1-14(2)10-19(22)21(15(3)4)11-16-13-24-18(20-16)12-23-17-8-6-5-7-9-17/h5-9,13-15H,10-12H2,1-4H3. The van der Waals surface area contributed by atoms with Crippen LogP contribution in [0.1, 0.15) is 44.8 Å². The second-order valence-corrected chi connectivity index (χ2v) is 7.49. The van der Waals surface area contributed by atoms with Crippen molar-refractivity contribution in [3.63, 3.8) is 0 Å². The van der Waals surface area contributed by atoms with Gasteiger partial charge in [0.05, 0.1) is 12.2 Å². The molecule has 0 saturated heterocycles. The van der Waals surface area contributed by atoms with Gasteiger partial charge in [-0.15, -0.1) is 11.3 Å². The van der Waals surface area contributed by atoms with Crippen LogP contribution in [0, 0.1) is 5.92 Å². The van der Waals surface area contributed by atoms with E-state index in [0.29, 0.717) is 25.5 Å². The van der Waals surface area contributed by atoms with Crippen LogP contribution in [0.3, 0.4) is 0 Å². The molecule has 0 N–H and O–H groups in total. The average molecular weight is 346 g/mol. The normalized spacial score (nSPS) is 11.1. The Balaban J connectivity index is 1.94. The molecule has 2 aromatic rings. The van der Waals surface area contributed by atoms with Crippen molar-refractivity contribution in [3.8, 4) is 5.75 Å². The molecule has 5 heteroatoms. The van der Waals surface area contributed by atoms with Crippen molar-refractivity contribution >= 4 is 17.2 Å². The Morgan fingerprint density at radius 3 is 2.54 bits per heavy atom. The molecule has 1 aromatic carbocycles. The van der Waals surface area contributed by atoms with Gasteiger partial charge in [-0.05, 0) is 31.9 Å². The van der Waals surface area contributed by atoms with E-state index in [4.69, 9.17) is 4.74 Å². The highest BCUT2D eigenvalue weighted by atomic mass is 32.1. The van der Waals surface area contributed by atoms with Gasteiger partial charge in [-0.3, -0.25) is 4.79 Å². The second-order valence-electron chi connectivity index (χ2n) is 6.55. The summed E-state index contributed by atoms with van der Waals surface area (Å²) in [5, 5.41) is 2.94. The van der Waals surface area contributed by atoms with Crippen molar-refractivity contribution in [2.24, 2.45) is 5.92 Å². The first-order valence-corrected chi connectivity index (χ1v) is 9.24. The van der Waals surface area contributed by atoms with E-state index in [0.717, 1.165) is 16.5 Å². The fraction of sp³-hybridized carbons (Fsp3) is 0.474. The van der Waals surface area contributed by atoms with Crippen LogP contribution in [0.25, 0.3) is 0 Å². The predicted octanol–water partition coefficient (Wildman–Crippen LogP) is 4.51. The van der Waals surface area contributed by atoms with Gasteiger partial charge in [0, 0.05) is 17.8 Å². The Morgan fingerprint density at radius 1 is 1.21 bits per heavy atom. The lowest BCUT2D eigenvalue weighted by molar-refractivity contribution is -0.134. The van der Waals surface area contributed by atoms with Gasteiger partial charge in [0.1, 0.15) is 17.4 Å². The summed E-state index contributed by atoms with van der Waals surface area (Å²) in [4.78, 5) is 18.9. The summed E-state index contributed by atoms with van der Waals surface area (Å²) in [5.41, 5.74) is 0.928. The molecule has 0 radical (unpaired) electrons. The van der Waals surface area contributed by atoms with E-state index in [9.17, 15) is 4.79 Å². The summed E-state index contributed by atoms with van der Waals surface area (Å²) < 4.78 is 5.73. The van der Waals surface area contributed by atoms with Crippen molar-refractivity contribution < 1.29 is 9.53 Å². The maximum atomic E-state index is 12.4. The maximum Gasteiger partial charge on any atom is 0.223 e. The molecule has 0 aliphatic rings. The quantitative estimate of drug-likeness (QED) is 0.706. The largest absolute Gasteiger partial charge is 0.486 e. The van der Waals surface area contributed by atoms with Crippen molar-refractivity contribution in [1.82, 2.24) is 9.88 Å². The number of rotatable bonds is 8. The minimum atomic E-state index is 0.168. The highest BCUT2D eigenvalue weighted by molar-refractivity contribution is 7.09. The number of amides is 1. The lowest BCUT2D eigenvalue weighted by Crippen LogP contribution is -2.37. The van der Waals surface area contributed by atoms with Gasteiger partial charge in [0.25, 0.3) is 0 Å². The Bertz CT molecular complexity index is 638. The molecule has 0 spiro atoms. The molecule has 0 aliphatic heterocycles. The molecule has 2 rings (SSSR count). The van der Waals surface area contributed by atoms with Gasteiger partial charge in [0.15, 0.2) is 0 Å². The number of nitrogens with zero attached hydrogens (tertiary/aromatic N) is 2. The summed E-state index contributed by atoms with van der Waals surface area (Å²) >= 11 is 1.57. The number of aromatic nitrogens is 1. The fourth-order valence-electron chi connectivity index (χ4n) is 2.35. The summed E-state index contributed by atoms with van der Waals surface area (Å²) in [6.07, 6.45) is 0.576. The smallest absolute Gasteiger partial charge is 0.223 e. The SMILES string of the molecule is CC(C)CC(=O)N(Cc1csc(COc2ccccc2)n1)C(C)C. The third kappa shape index (κ3) is 5.64. The zero-order valence-corrected chi connectivity index (χ0v) is 15.7. The second kappa shape index (κ2) is 8.83. The number of benzene rings is 1. The number of carbonyl (C=O) groups excluding carboxylic acids is 1. The molecule has 24 heavy (non-hydrogen) atoms. The van der Waals surface area contributed by atoms with Gasteiger partial charge in [0.2, 0.25) is 5.91 Å². The van der Waals surface area contributed by atoms with Gasteiger partial charge in [-0.25, -0.2) is 4.98 Å². The summed E-state index contributed by atoms with van der Waals surface area (Å²) in [6.45, 7) is 9.24. The van der Waals surface area contributed by atoms with Crippen molar-refractivity contribution in [2.45, 2.75) is 53.3 Å². The van der Waals surface area contributed by atoms with Crippen LogP contribution >= 0.6 is 11.3 Å². The minimum Gasteiger partial charge on any atom is -0.486 e. The Kier molecular flexibility index (Phi) is 6.79. The van der Waals surface area contributed by atoms with E-state index in [1.54, 1.807) is 11.3 Å². The highest BCUT2D eigenvalue weighted by Gasteiger charge is 2.19. The van der Waals surface area contributed by atoms with Gasteiger partial charge >= 0.3 is 0 Å². The monoisotopic (exact) mass is 346 g/mol. The third-order valence-corrected chi connectivity index (χ3v) is 4.43. The Labute approximate surface area is 148 Å². The van der Waals surface area contributed by atoms with Crippen LogP contribution in [-0.4, -0.2) is 21.8 Å². The molecule has 0 bridgehead atoms. The van der Waals surface area contributed by atoms with Crippen molar-refractivity contribution in [3.05, 3.63) is 46.4 Å². The average Bonchev–Trinajstić information content (AvgIpc) is 2.98. The van der Waals surface area contributed by atoms with E-state index in [2.05, 4.69) is 18.8 Å². The van der Waals surface area contributed by atoms with E-state index in [-0.39, 0.29) is 11.9 Å². The fourth-order valence-corrected chi connectivity index (χ4v) is 3.05. The van der Waals surface area contributed by atoms with E-state index in [1.165, 1.54) is 0 Å². The van der Waals surface area contributed by atoms with Crippen molar-refractivity contribution in [2.75, 3.05) is 0 Å². The van der Waals surface area contributed by atoms with Crippen LogP contribution < -0.4 is 4.74 Å². The third-order valence-electron chi connectivity index (χ3n) is 3.56. The molecule has 0 atom stereocenters. The van der Waals surface area contributed by atoms with E-state index in [1.807, 2.05) is 54.5 Å². The first-order valence-electron chi connectivity index (χ1n) is 8.36. The van der Waals surface area contributed by atoms with Gasteiger partial charge < -0.3 is 9.64 Å².